The topological polar surface area (TPSA) is 99.4 Å². The summed E-state index contributed by atoms with van der Waals surface area (Å²) in [5.41, 5.74) is 0.713. The molecule has 3 rings (SSSR count). The van der Waals surface area contributed by atoms with Gasteiger partial charge in [-0.25, -0.2) is 9.79 Å². The average Bonchev–Trinajstić information content (AvgIpc) is 2.93. The number of aliphatic hydroxyl groups excluding tert-OH is 1. The number of hydrogen-bond acceptors (Lipinski definition) is 7. The number of thioether (sulfide) groups is 1. The number of halogens is 1. The fraction of sp³-hybridized carbons (Fsp3) is 0.100. The Hall–Kier alpha value is -2.90. The molecule has 0 bridgehead atoms. The van der Waals surface area contributed by atoms with Crippen LogP contribution >= 0.6 is 23.4 Å². The van der Waals surface area contributed by atoms with Gasteiger partial charge in [-0.3, -0.25) is 0 Å². The fourth-order valence-corrected chi connectivity index (χ4v) is 3.66. The van der Waals surface area contributed by atoms with Crippen LogP contribution in [0.4, 0.5) is 5.69 Å². The van der Waals surface area contributed by atoms with Gasteiger partial charge in [0.15, 0.2) is 0 Å². The Morgan fingerprint density at radius 1 is 1.21 bits per heavy atom. The molecule has 2 aromatic carbocycles. The van der Waals surface area contributed by atoms with Crippen molar-refractivity contribution in [1.29, 1.82) is 0 Å². The molecule has 1 aliphatic rings. The van der Waals surface area contributed by atoms with Gasteiger partial charge in [0.2, 0.25) is 0 Å². The van der Waals surface area contributed by atoms with Gasteiger partial charge in [-0.2, -0.15) is 0 Å². The van der Waals surface area contributed by atoms with Crippen LogP contribution in [0.2, 0.25) is 5.02 Å². The zero-order chi connectivity index (χ0) is 20.3. The van der Waals surface area contributed by atoms with Gasteiger partial charge < -0.3 is 20.1 Å². The lowest BCUT2D eigenvalue weighted by Gasteiger charge is -2.04. The van der Waals surface area contributed by atoms with Crippen molar-refractivity contribution in [1.82, 2.24) is 0 Å². The molecule has 0 radical (unpaired) electrons. The first-order valence-corrected chi connectivity index (χ1v) is 9.45. The van der Waals surface area contributed by atoms with Crippen molar-refractivity contribution in [2.75, 3.05) is 6.61 Å². The van der Waals surface area contributed by atoms with Crippen molar-refractivity contribution in [2.24, 2.45) is 4.99 Å². The molecule has 0 unspecified atom stereocenters. The summed E-state index contributed by atoms with van der Waals surface area (Å²) in [5, 5.41) is 30.9. The van der Waals surface area contributed by atoms with E-state index in [4.69, 9.17) is 16.3 Å². The maximum Gasteiger partial charge on any atom is 0.344 e. The zero-order valence-corrected chi connectivity index (χ0v) is 16.3. The molecule has 0 fully saturated rings. The fourth-order valence-electron chi connectivity index (χ4n) is 2.45. The van der Waals surface area contributed by atoms with Crippen LogP contribution in [0, 0.1) is 0 Å². The molecule has 8 heteroatoms. The van der Waals surface area contributed by atoms with Crippen LogP contribution in [0.15, 0.2) is 63.7 Å². The standard InChI is InChI=1S/C20H16ClNO5S/c1-2-27-20(26)17-18(25)16(9-11-8-14(23)6-7-15(11)24)28-19(17)22-13-5-3-4-12(21)10-13/h3-10,23-25H,2H2,1H3. The number of rotatable bonds is 4. The van der Waals surface area contributed by atoms with Crippen LogP contribution in [0.1, 0.15) is 12.5 Å². The number of phenolic OH excluding ortho intramolecular Hbond substituents is 2. The van der Waals surface area contributed by atoms with Gasteiger partial charge in [0.05, 0.1) is 17.2 Å². The molecule has 6 nitrogen and oxygen atoms in total. The molecule has 0 atom stereocenters. The Kier molecular flexibility index (Phi) is 5.96. The van der Waals surface area contributed by atoms with Crippen molar-refractivity contribution in [2.45, 2.75) is 6.92 Å². The number of esters is 1. The third-order valence-corrected chi connectivity index (χ3v) is 4.96. The lowest BCUT2D eigenvalue weighted by molar-refractivity contribution is -0.138. The predicted molar refractivity (Wildman–Crippen MR) is 110 cm³/mol. The van der Waals surface area contributed by atoms with E-state index >= 15 is 0 Å². The minimum Gasteiger partial charge on any atom is -0.508 e. The zero-order valence-electron chi connectivity index (χ0n) is 14.7. The normalized spacial score (nSPS) is 16.8. The highest BCUT2D eigenvalue weighted by atomic mass is 35.5. The average molecular weight is 418 g/mol. The van der Waals surface area contributed by atoms with Crippen LogP contribution in [0.25, 0.3) is 6.08 Å². The number of carbonyl (C=O) groups is 1. The highest BCUT2D eigenvalue weighted by molar-refractivity contribution is 8.18. The first-order chi connectivity index (χ1) is 13.4. The van der Waals surface area contributed by atoms with Crippen LogP contribution in [-0.2, 0) is 9.53 Å². The van der Waals surface area contributed by atoms with Crippen molar-refractivity contribution in [3.05, 3.63) is 69.3 Å². The van der Waals surface area contributed by atoms with Gasteiger partial charge in [-0.05, 0) is 49.4 Å². The van der Waals surface area contributed by atoms with Crippen molar-refractivity contribution < 1.29 is 24.9 Å². The first-order valence-electron chi connectivity index (χ1n) is 8.26. The van der Waals surface area contributed by atoms with Crippen molar-refractivity contribution in [3.8, 4) is 11.5 Å². The first kappa shape index (κ1) is 19.9. The molecule has 1 heterocycles. The molecule has 3 N–H and O–H groups in total. The van der Waals surface area contributed by atoms with E-state index in [-0.39, 0.29) is 45.0 Å². The Labute approximate surface area is 170 Å². The molecule has 0 spiro atoms. The quantitative estimate of drug-likeness (QED) is 0.481. The molecule has 1 aliphatic heterocycles. The van der Waals surface area contributed by atoms with E-state index in [1.165, 1.54) is 24.3 Å². The number of ether oxygens (including phenoxy) is 1. The number of hydrogen-bond donors (Lipinski definition) is 3. The molecular weight excluding hydrogens is 402 g/mol. The minimum absolute atomic E-state index is 0.0467. The van der Waals surface area contributed by atoms with E-state index < -0.39 is 5.97 Å². The van der Waals surface area contributed by atoms with Crippen molar-refractivity contribution >= 4 is 46.1 Å². The van der Waals surface area contributed by atoms with Crippen molar-refractivity contribution in [3.63, 3.8) is 0 Å². The predicted octanol–water partition coefficient (Wildman–Crippen LogP) is 4.94. The van der Waals surface area contributed by atoms with Gasteiger partial charge in [0.25, 0.3) is 0 Å². The third-order valence-electron chi connectivity index (χ3n) is 3.71. The Morgan fingerprint density at radius 2 is 2.00 bits per heavy atom. The molecule has 2 aromatic rings. The van der Waals surface area contributed by atoms with E-state index in [0.717, 1.165) is 11.8 Å². The van der Waals surface area contributed by atoms with E-state index in [2.05, 4.69) is 4.99 Å². The van der Waals surface area contributed by atoms with E-state index in [1.807, 2.05) is 0 Å². The molecule has 0 aromatic heterocycles. The third kappa shape index (κ3) is 4.32. The summed E-state index contributed by atoms with van der Waals surface area (Å²) in [6.45, 7) is 1.80. The van der Waals surface area contributed by atoms with Crippen LogP contribution in [0.5, 0.6) is 11.5 Å². The Morgan fingerprint density at radius 3 is 2.71 bits per heavy atom. The van der Waals surface area contributed by atoms with E-state index in [1.54, 1.807) is 31.2 Å². The Balaban J connectivity index is 2.08. The van der Waals surface area contributed by atoms with E-state index in [9.17, 15) is 20.1 Å². The minimum atomic E-state index is -0.711. The van der Waals surface area contributed by atoms with Crippen LogP contribution < -0.4 is 0 Å². The smallest absolute Gasteiger partial charge is 0.344 e. The SMILES string of the molecule is CCOC(=O)C1=C(O)C(=Cc2cc(O)ccc2O)SC1=Nc1cccc(Cl)c1. The second kappa shape index (κ2) is 8.41. The van der Waals surface area contributed by atoms with E-state index in [0.29, 0.717) is 10.7 Å². The van der Waals surface area contributed by atoms with Gasteiger partial charge >= 0.3 is 5.97 Å². The molecule has 0 saturated carbocycles. The highest BCUT2D eigenvalue weighted by Gasteiger charge is 2.33. The number of phenols is 2. The molecule has 0 aliphatic carbocycles. The monoisotopic (exact) mass is 417 g/mol. The lowest BCUT2D eigenvalue weighted by atomic mass is 10.1. The summed E-state index contributed by atoms with van der Waals surface area (Å²) in [7, 11) is 0. The summed E-state index contributed by atoms with van der Waals surface area (Å²) in [5.74, 6) is -1.16. The number of nitrogens with zero attached hydrogens (tertiary/aromatic N) is 1. The molecule has 0 saturated heterocycles. The summed E-state index contributed by atoms with van der Waals surface area (Å²) in [6.07, 6.45) is 1.45. The maximum absolute atomic E-state index is 12.4. The molecular formula is C20H16ClNO5S. The van der Waals surface area contributed by atoms with Gasteiger partial charge in [-0.1, -0.05) is 29.4 Å². The largest absolute Gasteiger partial charge is 0.508 e. The van der Waals surface area contributed by atoms with Gasteiger partial charge in [0.1, 0.15) is 27.9 Å². The number of benzene rings is 2. The maximum atomic E-state index is 12.4. The Bertz CT molecular complexity index is 1030. The molecule has 28 heavy (non-hydrogen) atoms. The van der Waals surface area contributed by atoms with Crippen LogP contribution in [0.3, 0.4) is 0 Å². The number of carbonyl (C=O) groups excluding carboxylic acids is 1. The second-order valence-corrected chi connectivity index (χ2v) is 7.16. The number of aromatic hydroxyl groups is 2. The molecule has 0 amide bonds. The van der Waals surface area contributed by atoms with Gasteiger partial charge in [0, 0.05) is 10.6 Å². The second-order valence-electron chi connectivity index (χ2n) is 5.69. The number of aliphatic imine (C=N–C) groups is 1. The highest BCUT2D eigenvalue weighted by Crippen LogP contribution is 2.41. The summed E-state index contributed by atoms with van der Waals surface area (Å²) in [4.78, 5) is 17.1. The number of aliphatic hydroxyl groups is 1. The lowest BCUT2D eigenvalue weighted by Crippen LogP contribution is -2.12. The summed E-state index contributed by atoms with van der Waals surface area (Å²) >= 11 is 7.03. The molecule has 144 valence electrons. The summed E-state index contributed by atoms with van der Waals surface area (Å²) in [6, 6.07) is 10.8. The van der Waals surface area contributed by atoms with Gasteiger partial charge in [-0.15, -0.1) is 0 Å². The van der Waals surface area contributed by atoms with Crippen LogP contribution in [-0.4, -0.2) is 32.9 Å². The summed E-state index contributed by atoms with van der Waals surface area (Å²) < 4.78 is 5.04.